The van der Waals surface area contributed by atoms with Gasteiger partial charge in [-0.3, -0.25) is 0 Å². The van der Waals surface area contributed by atoms with E-state index in [1.54, 1.807) is 0 Å². The Bertz CT molecular complexity index is 683. The molecule has 2 aliphatic carbocycles. The molecule has 3 heteroatoms. The maximum Gasteiger partial charge on any atom is 0.0828 e. The Balaban J connectivity index is 1.71. The minimum Gasteiger partial charge on any atom is -0.411 e. The van der Waals surface area contributed by atoms with Crippen LogP contribution in [-0.4, -0.2) is 17.0 Å². The van der Waals surface area contributed by atoms with Crippen LogP contribution in [0, 0.1) is 11.8 Å². The van der Waals surface area contributed by atoms with Crippen molar-refractivity contribution in [2.45, 2.75) is 31.8 Å². The van der Waals surface area contributed by atoms with Gasteiger partial charge >= 0.3 is 0 Å². The monoisotopic (exact) mass is 306 g/mol. The minimum atomic E-state index is 0.223. The normalized spacial score (nSPS) is 27.5. The average Bonchev–Trinajstić information content (AvgIpc) is 3.22. The third-order valence-electron chi connectivity index (χ3n) is 5.38. The lowest BCUT2D eigenvalue weighted by molar-refractivity contribution is 0.311. The Morgan fingerprint density at radius 2 is 1.65 bits per heavy atom. The molecule has 2 aromatic rings. The summed E-state index contributed by atoms with van der Waals surface area (Å²) < 4.78 is 0. The minimum absolute atomic E-state index is 0.223. The van der Waals surface area contributed by atoms with Gasteiger partial charge in [0.2, 0.25) is 0 Å². The van der Waals surface area contributed by atoms with E-state index in [1.165, 1.54) is 30.5 Å². The van der Waals surface area contributed by atoms with Crippen LogP contribution >= 0.6 is 0 Å². The third-order valence-corrected chi connectivity index (χ3v) is 5.38. The first-order valence-corrected chi connectivity index (χ1v) is 8.44. The van der Waals surface area contributed by atoms with Crippen LogP contribution in [0.5, 0.6) is 0 Å². The molecular weight excluding hydrogens is 284 g/mol. The predicted molar refractivity (Wildman–Crippen MR) is 92.9 cm³/mol. The summed E-state index contributed by atoms with van der Waals surface area (Å²) in [4.78, 5) is 2.42. The first kappa shape index (κ1) is 14.3. The summed E-state index contributed by atoms with van der Waals surface area (Å²) in [5, 5.41) is 13.3. The molecule has 2 aliphatic rings. The van der Waals surface area contributed by atoms with E-state index in [1.807, 2.05) is 6.07 Å². The second-order valence-corrected chi connectivity index (χ2v) is 6.69. The maximum absolute atomic E-state index is 9.58. The molecule has 0 spiro atoms. The number of rotatable bonds is 4. The Hall–Kier alpha value is -2.29. The molecule has 0 aliphatic heterocycles. The van der Waals surface area contributed by atoms with Gasteiger partial charge in [0.05, 0.1) is 11.8 Å². The highest BCUT2D eigenvalue weighted by Crippen LogP contribution is 2.46. The zero-order valence-electron chi connectivity index (χ0n) is 13.2. The summed E-state index contributed by atoms with van der Waals surface area (Å²) in [5.74, 6) is 1.08. The fraction of sp³-hybridized carbons (Fsp3) is 0.350. The van der Waals surface area contributed by atoms with Gasteiger partial charge in [-0.15, -0.1) is 0 Å². The molecule has 3 atom stereocenters. The molecular formula is C20H22N2O. The van der Waals surface area contributed by atoms with Crippen LogP contribution in [-0.2, 0) is 6.54 Å². The third kappa shape index (κ3) is 2.61. The molecule has 0 saturated heterocycles. The van der Waals surface area contributed by atoms with E-state index in [-0.39, 0.29) is 6.04 Å². The molecule has 0 heterocycles. The molecule has 2 saturated carbocycles. The van der Waals surface area contributed by atoms with E-state index in [4.69, 9.17) is 0 Å². The lowest BCUT2D eigenvalue weighted by Gasteiger charge is -2.36. The van der Waals surface area contributed by atoms with Gasteiger partial charge in [0, 0.05) is 18.2 Å². The van der Waals surface area contributed by atoms with Gasteiger partial charge < -0.3 is 10.1 Å². The van der Waals surface area contributed by atoms with Crippen molar-refractivity contribution in [2.24, 2.45) is 17.0 Å². The number of hydrogen-bond acceptors (Lipinski definition) is 3. The quantitative estimate of drug-likeness (QED) is 0.674. The molecule has 0 aromatic heterocycles. The Morgan fingerprint density at radius 3 is 2.35 bits per heavy atom. The molecule has 3 unspecified atom stereocenters. The van der Waals surface area contributed by atoms with Crippen LogP contribution in [0.3, 0.4) is 0 Å². The largest absolute Gasteiger partial charge is 0.411 e. The Kier molecular flexibility index (Phi) is 3.78. The number of fused-ring (bicyclic) bond motifs is 2. The van der Waals surface area contributed by atoms with Gasteiger partial charge in [-0.25, -0.2) is 0 Å². The summed E-state index contributed by atoms with van der Waals surface area (Å²) in [6.07, 6.45) is 3.59. The van der Waals surface area contributed by atoms with Crippen molar-refractivity contribution in [3.63, 3.8) is 0 Å². The smallest absolute Gasteiger partial charge is 0.0828 e. The highest BCUT2D eigenvalue weighted by atomic mass is 16.4. The van der Waals surface area contributed by atoms with Crippen LogP contribution < -0.4 is 4.90 Å². The van der Waals surface area contributed by atoms with Gasteiger partial charge in [-0.1, -0.05) is 53.7 Å². The van der Waals surface area contributed by atoms with E-state index in [0.717, 1.165) is 12.3 Å². The average molecular weight is 306 g/mol. The van der Waals surface area contributed by atoms with Gasteiger partial charge in [0.15, 0.2) is 0 Å². The van der Waals surface area contributed by atoms with Crippen molar-refractivity contribution in [3.8, 4) is 0 Å². The number of benzene rings is 2. The Labute approximate surface area is 137 Å². The van der Waals surface area contributed by atoms with E-state index in [0.29, 0.717) is 11.8 Å². The molecule has 23 heavy (non-hydrogen) atoms. The van der Waals surface area contributed by atoms with E-state index in [9.17, 15) is 5.21 Å². The van der Waals surface area contributed by atoms with E-state index in [2.05, 4.69) is 64.7 Å². The molecule has 0 radical (unpaired) electrons. The van der Waals surface area contributed by atoms with Crippen molar-refractivity contribution in [1.29, 1.82) is 0 Å². The number of oxime groups is 1. The summed E-state index contributed by atoms with van der Waals surface area (Å²) >= 11 is 0. The number of anilines is 1. The van der Waals surface area contributed by atoms with Gasteiger partial charge in [-0.2, -0.15) is 0 Å². The first-order chi connectivity index (χ1) is 11.4. The molecule has 2 fully saturated rings. The zero-order valence-corrected chi connectivity index (χ0v) is 13.2. The molecule has 118 valence electrons. The lowest BCUT2D eigenvalue weighted by Crippen LogP contribution is -2.44. The molecule has 3 nitrogen and oxygen atoms in total. The SMILES string of the molecule is O/N=C1\C2CCC(C2)C1N(Cc1ccccc1)c1ccccc1. The van der Waals surface area contributed by atoms with Crippen LogP contribution in [0.1, 0.15) is 24.8 Å². The highest BCUT2D eigenvalue weighted by Gasteiger charge is 2.48. The van der Waals surface area contributed by atoms with Gasteiger partial charge in [0.1, 0.15) is 0 Å². The number of hydrogen-bond donors (Lipinski definition) is 1. The summed E-state index contributed by atoms with van der Waals surface area (Å²) in [6, 6.07) is 21.3. The molecule has 2 aromatic carbocycles. The van der Waals surface area contributed by atoms with E-state index < -0.39 is 0 Å². The van der Waals surface area contributed by atoms with Crippen molar-refractivity contribution in [3.05, 3.63) is 66.2 Å². The van der Waals surface area contributed by atoms with Crippen LogP contribution in [0.15, 0.2) is 65.8 Å². The van der Waals surface area contributed by atoms with Gasteiger partial charge in [0.25, 0.3) is 0 Å². The highest BCUT2D eigenvalue weighted by molar-refractivity contribution is 5.97. The van der Waals surface area contributed by atoms with Crippen LogP contribution in [0.25, 0.3) is 0 Å². The second-order valence-electron chi connectivity index (χ2n) is 6.69. The first-order valence-electron chi connectivity index (χ1n) is 8.44. The molecule has 2 bridgehead atoms. The number of nitrogens with zero attached hydrogens (tertiary/aromatic N) is 2. The van der Waals surface area contributed by atoms with Crippen LogP contribution in [0.4, 0.5) is 5.69 Å². The fourth-order valence-corrected chi connectivity index (χ4v) is 4.36. The Morgan fingerprint density at radius 1 is 0.957 bits per heavy atom. The van der Waals surface area contributed by atoms with Crippen molar-refractivity contribution in [1.82, 2.24) is 0 Å². The molecule has 4 rings (SSSR count). The topological polar surface area (TPSA) is 35.8 Å². The summed E-state index contributed by atoms with van der Waals surface area (Å²) in [7, 11) is 0. The molecule has 1 N–H and O–H groups in total. The van der Waals surface area contributed by atoms with Gasteiger partial charge in [-0.05, 0) is 42.9 Å². The summed E-state index contributed by atoms with van der Waals surface area (Å²) in [5.41, 5.74) is 3.48. The van der Waals surface area contributed by atoms with Crippen molar-refractivity contribution < 1.29 is 5.21 Å². The van der Waals surface area contributed by atoms with Crippen molar-refractivity contribution in [2.75, 3.05) is 4.90 Å². The lowest BCUT2D eigenvalue weighted by atomic mass is 9.91. The maximum atomic E-state index is 9.58. The number of para-hydroxylation sites is 1. The molecule has 0 amide bonds. The van der Waals surface area contributed by atoms with Crippen LogP contribution in [0.2, 0.25) is 0 Å². The second kappa shape index (κ2) is 6.07. The standard InChI is InChI=1S/C20H22N2O/c23-21-19-16-11-12-17(13-16)20(19)22(18-9-5-2-6-10-18)14-15-7-3-1-4-8-15/h1-10,16-17,20,23H,11-14H2/b21-19+. The summed E-state index contributed by atoms with van der Waals surface area (Å²) in [6.45, 7) is 0.845. The fourth-order valence-electron chi connectivity index (χ4n) is 4.36. The zero-order chi connectivity index (χ0) is 15.6. The van der Waals surface area contributed by atoms with Crippen molar-refractivity contribution >= 4 is 11.4 Å². The predicted octanol–water partition coefficient (Wildman–Crippen LogP) is 4.32. The van der Waals surface area contributed by atoms with E-state index >= 15 is 0 Å².